The maximum atomic E-state index is 12.7. The molecule has 0 bridgehead atoms. The van der Waals surface area contributed by atoms with Crippen molar-refractivity contribution in [2.45, 2.75) is 13.1 Å². The van der Waals surface area contributed by atoms with Crippen molar-refractivity contribution in [2.24, 2.45) is 0 Å². The number of phenolic OH excluding ortho intramolecular Hbond substituents is 1. The lowest BCUT2D eigenvalue weighted by molar-refractivity contribution is -0.137. The monoisotopic (exact) mass is 329 g/mol. The molecule has 116 valence electrons. The number of hydrogen-bond acceptors (Lipinski definition) is 2. The zero-order valence-corrected chi connectivity index (χ0v) is 12.1. The van der Waals surface area contributed by atoms with Gasteiger partial charge in [-0.25, -0.2) is 0 Å². The van der Waals surface area contributed by atoms with Crippen LogP contribution in [0.25, 0.3) is 0 Å². The third-order valence-electron chi connectivity index (χ3n) is 3.02. The van der Waals surface area contributed by atoms with Gasteiger partial charge in [0, 0.05) is 10.7 Å². The lowest BCUT2D eigenvalue weighted by atomic mass is 10.1. The number of halogens is 4. The van der Waals surface area contributed by atoms with Gasteiger partial charge in [0.25, 0.3) is 5.91 Å². The molecule has 0 aliphatic rings. The second-order valence-corrected chi connectivity index (χ2v) is 5.08. The molecule has 0 unspecified atom stereocenters. The predicted octanol–water partition coefficient (Wildman–Crippen LogP) is 4.63. The van der Waals surface area contributed by atoms with Crippen molar-refractivity contribution < 1.29 is 23.1 Å². The van der Waals surface area contributed by atoms with Crippen LogP contribution in [0.4, 0.5) is 18.9 Å². The van der Waals surface area contributed by atoms with Crippen LogP contribution < -0.4 is 5.32 Å². The Morgan fingerprint density at radius 2 is 1.86 bits per heavy atom. The highest BCUT2D eigenvalue weighted by Gasteiger charge is 2.31. The topological polar surface area (TPSA) is 49.3 Å². The molecule has 7 heteroatoms. The number of alkyl halides is 3. The number of hydrogen-bond donors (Lipinski definition) is 2. The van der Waals surface area contributed by atoms with Gasteiger partial charge >= 0.3 is 6.18 Å². The number of rotatable bonds is 2. The molecule has 3 nitrogen and oxygen atoms in total. The molecule has 1 amide bonds. The molecule has 0 saturated heterocycles. The quantitative estimate of drug-likeness (QED) is 0.844. The normalized spacial score (nSPS) is 11.3. The molecule has 0 atom stereocenters. The lowest BCUT2D eigenvalue weighted by Crippen LogP contribution is -2.14. The van der Waals surface area contributed by atoms with Crippen LogP contribution in [-0.4, -0.2) is 11.0 Å². The minimum absolute atomic E-state index is 0.0224. The summed E-state index contributed by atoms with van der Waals surface area (Å²) in [6, 6.07) is 6.91. The Hall–Kier alpha value is -2.21. The molecule has 2 aromatic carbocycles. The van der Waals surface area contributed by atoms with Gasteiger partial charge in [-0.1, -0.05) is 17.7 Å². The van der Waals surface area contributed by atoms with Crippen molar-refractivity contribution in [3.63, 3.8) is 0 Å². The summed E-state index contributed by atoms with van der Waals surface area (Å²) in [5.74, 6) is -1.08. The Morgan fingerprint density at radius 3 is 2.45 bits per heavy atom. The van der Waals surface area contributed by atoms with Gasteiger partial charge in [0.05, 0.1) is 11.1 Å². The number of phenols is 1. The van der Waals surface area contributed by atoms with E-state index in [1.54, 1.807) is 6.92 Å². The predicted molar refractivity (Wildman–Crippen MR) is 77.3 cm³/mol. The summed E-state index contributed by atoms with van der Waals surface area (Å²) in [5, 5.41) is 12.3. The third-order valence-corrected chi connectivity index (χ3v) is 3.25. The van der Waals surface area contributed by atoms with Gasteiger partial charge in [0.15, 0.2) is 0 Å². The van der Waals surface area contributed by atoms with Crippen LogP contribution in [0.15, 0.2) is 36.4 Å². The first-order valence-corrected chi connectivity index (χ1v) is 6.54. The molecule has 2 aromatic rings. The molecule has 0 aliphatic carbocycles. The summed E-state index contributed by atoms with van der Waals surface area (Å²) >= 11 is 5.66. The Morgan fingerprint density at radius 1 is 1.18 bits per heavy atom. The van der Waals surface area contributed by atoms with E-state index < -0.39 is 17.6 Å². The number of anilines is 1. The average molecular weight is 330 g/mol. The molecule has 0 saturated carbocycles. The first-order valence-electron chi connectivity index (χ1n) is 6.16. The standard InChI is InChI=1S/C15H11ClF3NO2/c1-8-2-3-9(15(17,18)19)6-12(8)20-14(22)11-5-4-10(16)7-13(11)21/h2-7,21H,1H3,(H,20,22). The largest absolute Gasteiger partial charge is 0.507 e. The fraction of sp³-hybridized carbons (Fsp3) is 0.133. The highest BCUT2D eigenvalue weighted by Crippen LogP contribution is 2.32. The average Bonchev–Trinajstić information content (AvgIpc) is 2.39. The first kappa shape index (κ1) is 16.2. The maximum Gasteiger partial charge on any atom is 0.416 e. The summed E-state index contributed by atoms with van der Waals surface area (Å²) in [5.41, 5.74) is -0.459. The highest BCUT2D eigenvalue weighted by atomic mass is 35.5. The molecule has 0 spiro atoms. The minimum atomic E-state index is -4.50. The number of carbonyl (C=O) groups is 1. The van der Waals surface area contributed by atoms with E-state index in [2.05, 4.69) is 5.32 Å². The molecular formula is C15H11ClF3NO2. The number of nitrogens with one attached hydrogen (secondary N) is 1. The molecule has 0 heterocycles. The van der Waals surface area contributed by atoms with Crippen molar-refractivity contribution in [3.8, 4) is 5.75 Å². The van der Waals surface area contributed by atoms with E-state index in [1.165, 1.54) is 24.3 Å². The van der Waals surface area contributed by atoms with Gasteiger partial charge in [-0.05, 0) is 42.8 Å². The zero-order chi connectivity index (χ0) is 16.5. The second kappa shape index (κ2) is 5.88. The van der Waals surface area contributed by atoms with Crippen LogP contribution in [0.5, 0.6) is 5.75 Å². The molecule has 0 aromatic heterocycles. The molecule has 0 radical (unpaired) electrons. The van der Waals surface area contributed by atoms with Crippen LogP contribution >= 0.6 is 11.6 Å². The van der Waals surface area contributed by atoms with Crippen LogP contribution in [0, 0.1) is 6.92 Å². The Kier molecular flexibility index (Phi) is 4.32. The van der Waals surface area contributed by atoms with E-state index in [1.807, 2.05) is 0 Å². The van der Waals surface area contributed by atoms with Gasteiger partial charge in [0.2, 0.25) is 0 Å². The number of carbonyl (C=O) groups excluding carboxylic acids is 1. The van der Waals surface area contributed by atoms with Gasteiger partial charge in [0.1, 0.15) is 5.75 Å². The summed E-state index contributed by atoms with van der Waals surface area (Å²) in [7, 11) is 0. The molecule has 2 N–H and O–H groups in total. The van der Waals surface area contributed by atoms with Crippen LogP contribution in [-0.2, 0) is 6.18 Å². The number of aromatic hydroxyl groups is 1. The summed E-state index contributed by atoms with van der Waals surface area (Å²) < 4.78 is 38.1. The SMILES string of the molecule is Cc1ccc(C(F)(F)F)cc1NC(=O)c1ccc(Cl)cc1O. The summed E-state index contributed by atoms with van der Waals surface area (Å²) in [4.78, 5) is 12.1. The minimum Gasteiger partial charge on any atom is -0.507 e. The van der Waals surface area contributed by atoms with Crippen molar-refractivity contribution in [2.75, 3.05) is 5.32 Å². The van der Waals surface area contributed by atoms with Gasteiger partial charge < -0.3 is 10.4 Å². The molecule has 0 fully saturated rings. The molecule has 0 aliphatic heterocycles. The zero-order valence-electron chi connectivity index (χ0n) is 11.3. The van der Waals surface area contributed by atoms with E-state index in [4.69, 9.17) is 11.6 Å². The first-order chi connectivity index (χ1) is 10.2. The van der Waals surface area contributed by atoms with E-state index in [0.717, 1.165) is 12.1 Å². The van der Waals surface area contributed by atoms with Crippen LogP contribution in [0.3, 0.4) is 0 Å². The van der Waals surface area contributed by atoms with E-state index in [-0.39, 0.29) is 22.0 Å². The van der Waals surface area contributed by atoms with Gasteiger partial charge in [-0.2, -0.15) is 13.2 Å². The van der Waals surface area contributed by atoms with Gasteiger partial charge in [-0.3, -0.25) is 4.79 Å². The highest BCUT2D eigenvalue weighted by molar-refractivity contribution is 6.31. The number of amides is 1. The molecule has 2 rings (SSSR count). The van der Waals surface area contributed by atoms with Crippen molar-refractivity contribution in [3.05, 3.63) is 58.1 Å². The molecular weight excluding hydrogens is 319 g/mol. The van der Waals surface area contributed by atoms with E-state index >= 15 is 0 Å². The Labute approximate surface area is 129 Å². The second-order valence-electron chi connectivity index (χ2n) is 4.64. The van der Waals surface area contributed by atoms with Crippen molar-refractivity contribution in [1.29, 1.82) is 0 Å². The Bertz CT molecular complexity index is 729. The molecule has 22 heavy (non-hydrogen) atoms. The van der Waals surface area contributed by atoms with E-state index in [9.17, 15) is 23.1 Å². The van der Waals surface area contributed by atoms with Crippen LogP contribution in [0.2, 0.25) is 5.02 Å². The number of aryl methyl sites for hydroxylation is 1. The maximum absolute atomic E-state index is 12.7. The smallest absolute Gasteiger partial charge is 0.416 e. The van der Waals surface area contributed by atoms with Crippen molar-refractivity contribution >= 4 is 23.2 Å². The summed E-state index contributed by atoms with van der Waals surface area (Å²) in [6.07, 6.45) is -4.50. The van der Waals surface area contributed by atoms with E-state index in [0.29, 0.717) is 5.56 Å². The lowest BCUT2D eigenvalue weighted by Gasteiger charge is -2.13. The third kappa shape index (κ3) is 3.51. The fourth-order valence-corrected chi connectivity index (χ4v) is 1.99. The van der Waals surface area contributed by atoms with Gasteiger partial charge in [-0.15, -0.1) is 0 Å². The van der Waals surface area contributed by atoms with Crippen molar-refractivity contribution in [1.82, 2.24) is 0 Å². The summed E-state index contributed by atoms with van der Waals surface area (Å²) in [6.45, 7) is 1.57. The fourth-order valence-electron chi connectivity index (χ4n) is 1.82. The van der Waals surface area contributed by atoms with Crippen LogP contribution in [0.1, 0.15) is 21.5 Å². The Balaban J connectivity index is 2.32. The number of benzene rings is 2.